The smallest absolute Gasteiger partial charge is 0.347 e. The van der Waals surface area contributed by atoms with E-state index in [9.17, 15) is 9.59 Å². The molecule has 0 aliphatic heterocycles. The van der Waals surface area contributed by atoms with Gasteiger partial charge in [-0.2, -0.15) is 9.78 Å². The summed E-state index contributed by atoms with van der Waals surface area (Å²) in [4.78, 5) is 29.7. The average Bonchev–Trinajstić information content (AvgIpc) is 2.81. The van der Waals surface area contributed by atoms with E-state index in [-0.39, 0.29) is 12.2 Å². The summed E-state index contributed by atoms with van der Waals surface area (Å²) in [5, 5.41) is 4.89. The van der Waals surface area contributed by atoms with Crippen LogP contribution in [0.4, 0.5) is 0 Å². The third-order valence-corrected chi connectivity index (χ3v) is 5.84. The van der Waals surface area contributed by atoms with E-state index in [1.165, 1.54) is 4.68 Å². The number of rotatable bonds is 9. The lowest BCUT2D eigenvalue weighted by Gasteiger charge is -2.18. The SMILES string of the molecule is CCOC(=O)[C@@H](C)Oc1c(Br)cc(C=Nn2c(CC)nc3ccc(Br)cc3c2=O)cc1OCC. The van der Waals surface area contributed by atoms with Crippen molar-refractivity contribution in [2.45, 2.75) is 40.2 Å². The van der Waals surface area contributed by atoms with E-state index in [0.29, 0.717) is 51.3 Å². The lowest BCUT2D eigenvalue weighted by Crippen LogP contribution is -2.26. The Morgan fingerprint density at radius 3 is 2.62 bits per heavy atom. The van der Waals surface area contributed by atoms with Crippen LogP contribution in [-0.2, 0) is 16.0 Å². The number of nitrogens with zero attached hydrogens (tertiary/aromatic N) is 3. The van der Waals surface area contributed by atoms with E-state index in [1.54, 1.807) is 44.3 Å². The van der Waals surface area contributed by atoms with E-state index in [4.69, 9.17) is 14.2 Å². The first-order valence-corrected chi connectivity index (χ1v) is 12.4. The van der Waals surface area contributed by atoms with Crippen LogP contribution >= 0.6 is 31.9 Å². The molecule has 8 nitrogen and oxygen atoms in total. The van der Waals surface area contributed by atoms with Crippen LogP contribution in [0.2, 0.25) is 0 Å². The van der Waals surface area contributed by atoms with Crippen molar-refractivity contribution in [3.05, 3.63) is 61.0 Å². The molecule has 2 aromatic carbocycles. The van der Waals surface area contributed by atoms with E-state index < -0.39 is 12.1 Å². The number of ether oxygens (including phenoxy) is 3. The Bertz CT molecular complexity index is 1290. The summed E-state index contributed by atoms with van der Waals surface area (Å²) in [5.41, 5.74) is 1.02. The maximum Gasteiger partial charge on any atom is 0.347 e. The van der Waals surface area contributed by atoms with Crippen LogP contribution in [0, 0.1) is 0 Å². The van der Waals surface area contributed by atoms with Gasteiger partial charge in [-0.05, 0) is 72.6 Å². The fourth-order valence-electron chi connectivity index (χ4n) is 3.19. The molecule has 0 spiro atoms. The third-order valence-electron chi connectivity index (χ3n) is 4.76. The van der Waals surface area contributed by atoms with Gasteiger partial charge in [-0.15, -0.1) is 0 Å². The number of hydrogen-bond acceptors (Lipinski definition) is 7. The Morgan fingerprint density at radius 1 is 1.18 bits per heavy atom. The number of hydrogen-bond donors (Lipinski definition) is 0. The molecule has 0 N–H and O–H groups in total. The Morgan fingerprint density at radius 2 is 1.94 bits per heavy atom. The van der Waals surface area contributed by atoms with Crippen molar-refractivity contribution in [3.8, 4) is 11.5 Å². The number of benzene rings is 2. The number of carbonyl (C=O) groups excluding carboxylic acids is 1. The van der Waals surface area contributed by atoms with Crippen molar-refractivity contribution in [3.63, 3.8) is 0 Å². The highest BCUT2D eigenvalue weighted by molar-refractivity contribution is 9.10. The molecule has 0 fully saturated rings. The first-order valence-electron chi connectivity index (χ1n) is 10.8. The second kappa shape index (κ2) is 11.6. The molecule has 1 atom stereocenters. The Balaban J connectivity index is 2.00. The number of fused-ring (bicyclic) bond motifs is 1. The summed E-state index contributed by atoms with van der Waals surface area (Å²) in [6, 6.07) is 8.88. The van der Waals surface area contributed by atoms with Crippen molar-refractivity contribution in [1.82, 2.24) is 9.66 Å². The van der Waals surface area contributed by atoms with E-state index in [1.807, 2.05) is 19.9 Å². The summed E-state index contributed by atoms with van der Waals surface area (Å²) in [7, 11) is 0. The molecule has 10 heteroatoms. The largest absolute Gasteiger partial charge is 0.490 e. The summed E-state index contributed by atoms with van der Waals surface area (Å²) in [6.45, 7) is 7.76. The first kappa shape index (κ1) is 25.9. The molecular weight excluding hydrogens is 570 g/mol. The van der Waals surface area contributed by atoms with Crippen LogP contribution in [0.3, 0.4) is 0 Å². The van der Waals surface area contributed by atoms with Gasteiger partial charge in [0.15, 0.2) is 17.6 Å². The molecule has 3 aromatic rings. The predicted molar refractivity (Wildman–Crippen MR) is 138 cm³/mol. The van der Waals surface area contributed by atoms with E-state index in [0.717, 1.165) is 4.47 Å². The van der Waals surface area contributed by atoms with Crippen LogP contribution in [-0.4, -0.2) is 41.2 Å². The van der Waals surface area contributed by atoms with Gasteiger partial charge in [-0.1, -0.05) is 22.9 Å². The van der Waals surface area contributed by atoms with Crippen LogP contribution < -0.4 is 15.0 Å². The van der Waals surface area contributed by atoms with Crippen molar-refractivity contribution in [2.24, 2.45) is 5.10 Å². The average molecular weight is 595 g/mol. The van der Waals surface area contributed by atoms with Crippen LogP contribution in [0.25, 0.3) is 10.9 Å². The highest BCUT2D eigenvalue weighted by Gasteiger charge is 2.21. The summed E-state index contributed by atoms with van der Waals surface area (Å²) in [5.74, 6) is 0.883. The molecule has 0 saturated carbocycles. The second-order valence-electron chi connectivity index (χ2n) is 7.18. The number of halogens is 2. The molecule has 3 rings (SSSR count). The number of aryl methyl sites for hydroxylation is 1. The molecule has 0 unspecified atom stereocenters. The van der Waals surface area contributed by atoms with Crippen molar-refractivity contribution in [1.29, 1.82) is 0 Å². The Kier molecular flexibility index (Phi) is 8.84. The normalized spacial score (nSPS) is 12.2. The van der Waals surface area contributed by atoms with Crippen molar-refractivity contribution >= 4 is 54.9 Å². The molecule has 0 saturated heterocycles. The molecule has 1 aromatic heterocycles. The second-order valence-corrected chi connectivity index (χ2v) is 8.95. The summed E-state index contributed by atoms with van der Waals surface area (Å²) in [6.07, 6.45) is 1.27. The van der Waals surface area contributed by atoms with Gasteiger partial charge in [-0.3, -0.25) is 4.79 Å². The van der Waals surface area contributed by atoms with Crippen molar-refractivity contribution in [2.75, 3.05) is 13.2 Å². The zero-order valence-corrected chi connectivity index (χ0v) is 22.5. The molecule has 180 valence electrons. The number of carbonyl (C=O) groups is 1. The fraction of sp³-hybridized carbons (Fsp3) is 0.333. The number of esters is 1. The molecule has 0 bridgehead atoms. The topological polar surface area (TPSA) is 92.0 Å². The van der Waals surface area contributed by atoms with Gasteiger partial charge in [-0.25, -0.2) is 9.78 Å². The van der Waals surface area contributed by atoms with Crippen LogP contribution in [0.15, 0.2) is 49.2 Å². The lowest BCUT2D eigenvalue weighted by molar-refractivity contribution is -0.150. The quantitative estimate of drug-likeness (QED) is 0.253. The van der Waals surface area contributed by atoms with Gasteiger partial charge in [0, 0.05) is 10.9 Å². The Hall–Kier alpha value is -2.72. The maximum atomic E-state index is 13.1. The van der Waals surface area contributed by atoms with Gasteiger partial charge < -0.3 is 14.2 Å². The molecular formula is C24H25Br2N3O5. The highest BCUT2D eigenvalue weighted by Crippen LogP contribution is 2.37. The minimum Gasteiger partial charge on any atom is -0.490 e. The van der Waals surface area contributed by atoms with Crippen LogP contribution in [0.5, 0.6) is 11.5 Å². The van der Waals surface area contributed by atoms with Crippen molar-refractivity contribution < 1.29 is 19.0 Å². The third kappa shape index (κ3) is 5.85. The molecule has 1 heterocycles. The minimum absolute atomic E-state index is 0.258. The fourth-order valence-corrected chi connectivity index (χ4v) is 4.11. The number of aromatic nitrogens is 2. The molecule has 34 heavy (non-hydrogen) atoms. The zero-order chi connectivity index (χ0) is 24.8. The van der Waals surface area contributed by atoms with Gasteiger partial charge in [0.05, 0.1) is 34.8 Å². The molecule has 0 aliphatic rings. The van der Waals surface area contributed by atoms with Gasteiger partial charge in [0.1, 0.15) is 5.82 Å². The van der Waals surface area contributed by atoms with Gasteiger partial charge in [0.25, 0.3) is 5.56 Å². The van der Waals surface area contributed by atoms with Gasteiger partial charge >= 0.3 is 5.97 Å². The molecule has 0 aliphatic carbocycles. The highest BCUT2D eigenvalue weighted by atomic mass is 79.9. The van der Waals surface area contributed by atoms with E-state index >= 15 is 0 Å². The predicted octanol–water partition coefficient (Wildman–Crippen LogP) is 5.10. The standard InChI is InChI=1S/C24H25Br2N3O5/c1-5-21-28-19-9-8-16(25)12-17(19)23(30)29(21)27-13-15-10-18(26)22(20(11-15)32-6-2)34-14(4)24(31)33-7-3/h8-14H,5-7H2,1-4H3/t14-/m1/s1. The maximum absolute atomic E-state index is 13.1. The lowest BCUT2D eigenvalue weighted by atomic mass is 10.2. The first-order chi connectivity index (χ1) is 16.3. The summed E-state index contributed by atoms with van der Waals surface area (Å²) >= 11 is 6.89. The minimum atomic E-state index is -0.816. The Labute approximate surface area is 214 Å². The zero-order valence-electron chi connectivity index (χ0n) is 19.3. The monoisotopic (exact) mass is 593 g/mol. The van der Waals surface area contributed by atoms with Gasteiger partial charge in [0.2, 0.25) is 0 Å². The summed E-state index contributed by atoms with van der Waals surface area (Å²) < 4.78 is 19.2. The molecule has 0 radical (unpaired) electrons. The molecule has 0 amide bonds. The van der Waals surface area contributed by atoms with E-state index in [2.05, 4.69) is 41.9 Å². The van der Waals surface area contributed by atoms with Crippen LogP contribution in [0.1, 0.15) is 39.1 Å².